The van der Waals surface area contributed by atoms with Crippen LogP contribution < -0.4 is 0 Å². The molecule has 0 aliphatic heterocycles. The van der Waals surface area contributed by atoms with E-state index >= 15 is 0 Å². The molecule has 1 aliphatic rings. The number of carbonyl (C=O) groups is 2. The number of carbonyl (C=O) groups excluding carboxylic acids is 1. The van der Waals surface area contributed by atoms with E-state index in [4.69, 9.17) is 5.11 Å². The minimum Gasteiger partial charge on any atom is -0.478 e. The fourth-order valence-corrected chi connectivity index (χ4v) is 3.41. The van der Waals surface area contributed by atoms with Crippen molar-refractivity contribution in [3.8, 4) is 0 Å². The van der Waals surface area contributed by atoms with Gasteiger partial charge in [0.15, 0.2) is 6.29 Å². The van der Waals surface area contributed by atoms with E-state index in [1.165, 1.54) is 11.3 Å². The molecule has 0 saturated heterocycles. The number of aromatic carboxylic acids is 1. The van der Waals surface area contributed by atoms with E-state index in [0.29, 0.717) is 17.1 Å². The molecule has 2 rings (SSSR count). The zero-order chi connectivity index (χ0) is 11.0. The second-order valence-corrected chi connectivity index (χ2v) is 5.15. The number of aldehydes is 1. The van der Waals surface area contributed by atoms with Crippen molar-refractivity contribution < 1.29 is 14.7 Å². The van der Waals surface area contributed by atoms with Crippen LogP contribution in [0, 0.1) is 5.92 Å². The lowest BCUT2D eigenvalue weighted by molar-refractivity contribution is 0.0693. The molecule has 1 aromatic rings. The average Bonchev–Trinajstić information content (AvgIpc) is 2.54. The van der Waals surface area contributed by atoms with Gasteiger partial charge < -0.3 is 5.11 Å². The van der Waals surface area contributed by atoms with E-state index in [2.05, 4.69) is 6.92 Å². The van der Waals surface area contributed by atoms with Crippen molar-refractivity contribution in [1.29, 1.82) is 0 Å². The third-order valence-electron chi connectivity index (χ3n) is 2.86. The lowest BCUT2D eigenvalue weighted by Gasteiger charge is -2.17. The predicted octanol–water partition coefficient (Wildman–Crippen LogP) is 2.38. The fraction of sp³-hybridized carbons (Fsp3) is 0.455. The van der Waals surface area contributed by atoms with Gasteiger partial charge in [0.2, 0.25) is 0 Å². The van der Waals surface area contributed by atoms with Gasteiger partial charge in [0.25, 0.3) is 0 Å². The molecule has 80 valence electrons. The molecule has 0 saturated carbocycles. The van der Waals surface area contributed by atoms with Crippen molar-refractivity contribution in [3.63, 3.8) is 0 Å². The van der Waals surface area contributed by atoms with Crippen LogP contribution in [0.4, 0.5) is 0 Å². The van der Waals surface area contributed by atoms with Crippen LogP contribution in [0.25, 0.3) is 0 Å². The molecule has 0 aromatic carbocycles. The quantitative estimate of drug-likeness (QED) is 0.785. The molecular weight excluding hydrogens is 212 g/mol. The highest BCUT2D eigenvalue weighted by atomic mass is 32.1. The summed E-state index contributed by atoms with van der Waals surface area (Å²) in [5.74, 6) is -0.374. The van der Waals surface area contributed by atoms with Crippen LogP contribution in [0.3, 0.4) is 0 Å². The molecule has 1 unspecified atom stereocenters. The Hall–Kier alpha value is -1.16. The molecule has 0 bridgehead atoms. The van der Waals surface area contributed by atoms with Crippen LogP contribution in [-0.4, -0.2) is 17.4 Å². The standard InChI is InChI=1S/C11H12O3S/c1-6-2-3-7-8(4-6)15-9(5-12)10(7)11(13)14/h5-6H,2-4H2,1H3,(H,13,14). The number of hydrogen-bond acceptors (Lipinski definition) is 3. The van der Waals surface area contributed by atoms with Crippen molar-refractivity contribution in [2.75, 3.05) is 0 Å². The van der Waals surface area contributed by atoms with E-state index < -0.39 is 5.97 Å². The normalized spacial score (nSPS) is 19.7. The summed E-state index contributed by atoms with van der Waals surface area (Å²) >= 11 is 1.35. The molecule has 0 radical (unpaired) electrons. The summed E-state index contributed by atoms with van der Waals surface area (Å²) in [4.78, 5) is 23.3. The zero-order valence-corrected chi connectivity index (χ0v) is 9.26. The Balaban J connectivity index is 2.54. The first-order chi connectivity index (χ1) is 7.13. The first kappa shape index (κ1) is 10.4. The smallest absolute Gasteiger partial charge is 0.337 e. The van der Waals surface area contributed by atoms with Crippen LogP contribution in [-0.2, 0) is 12.8 Å². The van der Waals surface area contributed by atoms with E-state index in [1.54, 1.807) is 0 Å². The number of carboxylic acid groups (broad SMARTS) is 1. The van der Waals surface area contributed by atoms with E-state index in [-0.39, 0.29) is 5.56 Å². The summed E-state index contributed by atoms with van der Waals surface area (Å²) in [6.45, 7) is 2.16. The summed E-state index contributed by atoms with van der Waals surface area (Å²) in [5.41, 5.74) is 1.14. The topological polar surface area (TPSA) is 54.4 Å². The molecule has 1 heterocycles. The maximum Gasteiger partial charge on any atom is 0.337 e. The third-order valence-corrected chi connectivity index (χ3v) is 4.04. The van der Waals surface area contributed by atoms with Gasteiger partial charge in [0.1, 0.15) is 0 Å². The Labute approximate surface area is 91.7 Å². The minimum absolute atomic E-state index is 0.247. The molecule has 4 heteroatoms. The Kier molecular flexibility index (Phi) is 2.61. The summed E-state index contributed by atoms with van der Waals surface area (Å²) < 4.78 is 0. The molecule has 0 spiro atoms. The molecule has 1 aromatic heterocycles. The highest BCUT2D eigenvalue weighted by Crippen LogP contribution is 2.35. The van der Waals surface area contributed by atoms with Gasteiger partial charge in [0.05, 0.1) is 10.4 Å². The monoisotopic (exact) mass is 224 g/mol. The van der Waals surface area contributed by atoms with Gasteiger partial charge in [-0.15, -0.1) is 11.3 Å². The number of thiophene rings is 1. The Morgan fingerprint density at radius 2 is 2.33 bits per heavy atom. The van der Waals surface area contributed by atoms with Gasteiger partial charge in [0, 0.05) is 4.88 Å². The van der Waals surface area contributed by atoms with E-state index in [9.17, 15) is 9.59 Å². The Bertz CT molecular complexity index is 420. The summed E-state index contributed by atoms with van der Waals surface area (Å²) in [6, 6.07) is 0. The first-order valence-electron chi connectivity index (χ1n) is 4.96. The molecular formula is C11H12O3S. The molecule has 1 N–H and O–H groups in total. The maximum atomic E-state index is 11.0. The van der Waals surface area contributed by atoms with Gasteiger partial charge in [-0.3, -0.25) is 4.79 Å². The molecule has 15 heavy (non-hydrogen) atoms. The fourth-order valence-electron chi connectivity index (χ4n) is 2.09. The van der Waals surface area contributed by atoms with Crippen LogP contribution in [0.1, 0.15) is 43.8 Å². The van der Waals surface area contributed by atoms with Gasteiger partial charge in [-0.05, 0) is 30.7 Å². The summed E-state index contributed by atoms with van der Waals surface area (Å²) in [7, 11) is 0. The van der Waals surface area contributed by atoms with E-state index in [0.717, 1.165) is 29.7 Å². The highest BCUT2D eigenvalue weighted by molar-refractivity contribution is 7.14. The number of rotatable bonds is 2. The summed E-state index contributed by atoms with van der Waals surface area (Å²) in [6.07, 6.45) is 3.38. The third kappa shape index (κ3) is 1.69. The molecule has 1 aliphatic carbocycles. The van der Waals surface area contributed by atoms with Crippen molar-refractivity contribution in [2.24, 2.45) is 5.92 Å². The first-order valence-corrected chi connectivity index (χ1v) is 5.78. The minimum atomic E-state index is -0.968. The molecule has 3 nitrogen and oxygen atoms in total. The second-order valence-electron chi connectivity index (χ2n) is 4.01. The van der Waals surface area contributed by atoms with Gasteiger partial charge in [-0.1, -0.05) is 6.92 Å². The van der Waals surface area contributed by atoms with Crippen molar-refractivity contribution >= 4 is 23.6 Å². The van der Waals surface area contributed by atoms with Gasteiger partial charge in [-0.2, -0.15) is 0 Å². The van der Waals surface area contributed by atoms with Crippen LogP contribution in [0.5, 0.6) is 0 Å². The Morgan fingerprint density at radius 3 is 2.93 bits per heavy atom. The van der Waals surface area contributed by atoms with Crippen molar-refractivity contribution in [3.05, 3.63) is 20.9 Å². The number of hydrogen-bond donors (Lipinski definition) is 1. The lowest BCUT2D eigenvalue weighted by Crippen LogP contribution is -2.12. The van der Waals surface area contributed by atoms with Gasteiger partial charge >= 0.3 is 5.97 Å². The Morgan fingerprint density at radius 1 is 1.60 bits per heavy atom. The second kappa shape index (κ2) is 3.77. The molecule has 0 fully saturated rings. The van der Waals surface area contributed by atoms with Crippen molar-refractivity contribution in [1.82, 2.24) is 0 Å². The van der Waals surface area contributed by atoms with E-state index in [1.807, 2.05) is 0 Å². The lowest BCUT2D eigenvalue weighted by atomic mass is 9.88. The zero-order valence-electron chi connectivity index (χ0n) is 8.45. The maximum absolute atomic E-state index is 11.0. The average molecular weight is 224 g/mol. The van der Waals surface area contributed by atoms with Crippen LogP contribution >= 0.6 is 11.3 Å². The SMILES string of the molecule is CC1CCc2c(sc(C=O)c2C(=O)O)C1. The summed E-state index contributed by atoms with van der Waals surface area (Å²) in [5, 5.41) is 9.06. The number of carboxylic acids is 1. The van der Waals surface area contributed by atoms with Gasteiger partial charge in [-0.25, -0.2) is 4.79 Å². The molecule has 0 amide bonds. The molecule has 1 atom stereocenters. The van der Waals surface area contributed by atoms with Crippen LogP contribution in [0.2, 0.25) is 0 Å². The van der Waals surface area contributed by atoms with Crippen molar-refractivity contribution in [2.45, 2.75) is 26.2 Å². The highest BCUT2D eigenvalue weighted by Gasteiger charge is 2.26. The predicted molar refractivity (Wildman–Crippen MR) is 57.9 cm³/mol. The number of fused-ring (bicyclic) bond motifs is 1. The van der Waals surface area contributed by atoms with Crippen LogP contribution in [0.15, 0.2) is 0 Å². The largest absolute Gasteiger partial charge is 0.478 e.